The summed E-state index contributed by atoms with van der Waals surface area (Å²) in [6.07, 6.45) is 0. The van der Waals surface area contributed by atoms with Crippen LogP contribution in [0.4, 0.5) is 17.1 Å². The molecule has 0 bridgehead atoms. The second kappa shape index (κ2) is 5.40. The maximum atomic E-state index is 12.0. The Bertz CT molecular complexity index is 666. The lowest BCUT2D eigenvalue weighted by molar-refractivity contribution is -0.383. The van der Waals surface area contributed by atoms with Crippen molar-refractivity contribution >= 4 is 23.0 Å². The van der Waals surface area contributed by atoms with E-state index in [1.807, 2.05) is 0 Å². The van der Waals surface area contributed by atoms with Gasteiger partial charge in [0.1, 0.15) is 5.69 Å². The largest absolute Gasteiger partial charge is 0.399 e. The molecule has 6 nitrogen and oxygen atoms in total. The molecule has 0 aliphatic heterocycles. The number of aryl methyl sites for hydroxylation is 1. The fraction of sp³-hybridized carbons (Fsp3) is 0.0714. The molecule has 102 valence electrons. The highest BCUT2D eigenvalue weighted by molar-refractivity contribution is 6.05. The molecule has 0 unspecified atom stereocenters. The maximum absolute atomic E-state index is 12.0. The summed E-state index contributed by atoms with van der Waals surface area (Å²) in [7, 11) is 0. The van der Waals surface area contributed by atoms with Gasteiger partial charge in [0.2, 0.25) is 0 Å². The number of hydrogen-bond donors (Lipinski definition) is 2. The highest BCUT2D eigenvalue weighted by atomic mass is 16.6. The van der Waals surface area contributed by atoms with Gasteiger partial charge < -0.3 is 11.1 Å². The molecular weight excluding hydrogens is 258 g/mol. The number of benzene rings is 2. The van der Waals surface area contributed by atoms with Crippen LogP contribution in [0.5, 0.6) is 0 Å². The number of hydrogen-bond acceptors (Lipinski definition) is 4. The first-order chi connectivity index (χ1) is 9.47. The van der Waals surface area contributed by atoms with Crippen molar-refractivity contribution in [2.24, 2.45) is 0 Å². The average Bonchev–Trinajstić information content (AvgIpc) is 2.39. The lowest BCUT2D eigenvalue weighted by Gasteiger charge is -2.07. The van der Waals surface area contributed by atoms with Crippen molar-refractivity contribution in [2.75, 3.05) is 11.1 Å². The molecule has 0 aromatic heterocycles. The SMILES string of the molecule is Cc1ccc([N+](=O)[O-])c(NC(=O)c2ccc(N)cc2)c1. The smallest absolute Gasteiger partial charge is 0.292 e. The summed E-state index contributed by atoms with van der Waals surface area (Å²) >= 11 is 0. The Kier molecular flexibility index (Phi) is 3.65. The van der Waals surface area contributed by atoms with E-state index in [1.54, 1.807) is 43.3 Å². The predicted molar refractivity (Wildman–Crippen MR) is 76.6 cm³/mol. The van der Waals surface area contributed by atoms with Crippen molar-refractivity contribution in [3.8, 4) is 0 Å². The third kappa shape index (κ3) is 2.92. The Morgan fingerprint density at radius 3 is 2.45 bits per heavy atom. The molecule has 0 aliphatic rings. The number of carbonyl (C=O) groups is 1. The minimum absolute atomic E-state index is 0.139. The number of carbonyl (C=O) groups excluding carboxylic acids is 1. The monoisotopic (exact) mass is 271 g/mol. The molecule has 2 aromatic rings. The Balaban J connectivity index is 2.29. The first kappa shape index (κ1) is 13.5. The third-order valence-corrected chi connectivity index (χ3v) is 2.77. The molecule has 0 saturated heterocycles. The molecule has 2 aromatic carbocycles. The summed E-state index contributed by atoms with van der Waals surface area (Å²) in [6.45, 7) is 1.79. The minimum atomic E-state index is -0.530. The van der Waals surface area contributed by atoms with E-state index >= 15 is 0 Å². The maximum Gasteiger partial charge on any atom is 0.292 e. The van der Waals surface area contributed by atoms with Crippen molar-refractivity contribution in [1.82, 2.24) is 0 Å². The summed E-state index contributed by atoms with van der Waals surface area (Å²) in [4.78, 5) is 22.4. The third-order valence-electron chi connectivity index (χ3n) is 2.77. The molecule has 0 radical (unpaired) electrons. The Morgan fingerprint density at radius 1 is 1.20 bits per heavy atom. The van der Waals surface area contributed by atoms with E-state index in [0.29, 0.717) is 11.3 Å². The van der Waals surface area contributed by atoms with Gasteiger partial charge >= 0.3 is 0 Å². The van der Waals surface area contributed by atoms with Crippen LogP contribution in [0.15, 0.2) is 42.5 Å². The van der Waals surface area contributed by atoms with Gasteiger partial charge in [-0.2, -0.15) is 0 Å². The van der Waals surface area contributed by atoms with Crippen LogP contribution in [0.1, 0.15) is 15.9 Å². The quantitative estimate of drug-likeness (QED) is 0.509. The molecule has 1 amide bonds. The van der Waals surface area contributed by atoms with E-state index in [1.165, 1.54) is 6.07 Å². The number of nitro benzene ring substituents is 1. The molecule has 0 aliphatic carbocycles. The number of rotatable bonds is 3. The molecule has 2 rings (SSSR count). The second-order valence-corrected chi connectivity index (χ2v) is 4.35. The number of anilines is 2. The van der Waals surface area contributed by atoms with E-state index < -0.39 is 10.8 Å². The molecular formula is C14H13N3O3. The normalized spacial score (nSPS) is 10.1. The Hall–Kier alpha value is -2.89. The van der Waals surface area contributed by atoms with Gasteiger partial charge in [0, 0.05) is 17.3 Å². The van der Waals surface area contributed by atoms with E-state index in [0.717, 1.165) is 5.56 Å². The standard InChI is InChI=1S/C14H13N3O3/c1-9-2-7-13(17(19)20)12(8-9)16-14(18)10-3-5-11(15)6-4-10/h2-8H,15H2,1H3,(H,16,18). The number of nitrogens with two attached hydrogens (primary N) is 1. The molecule has 0 atom stereocenters. The van der Waals surface area contributed by atoms with Crippen LogP contribution in [0.2, 0.25) is 0 Å². The lowest BCUT2D eigenvalue weighted by atomic mass is 10.1. The second-order valence-electron chi connectivity index (χ2n) is 4.35. The van der Waals surface area contributed by atoms with Crippen molar-refractivity contribution in [3.05, 3.63) is 63.7 Å². The Labute approximate surface area is 115 Å². The molecule has 3 N–H and O–H groups in total. The van der Waals surface area contributed by atoms with Crippen LogP contribution in [0.25, 0.3) is 0 Å². The van der Waals surface area contributed by atoms with Crippen molar-refractivity contribution in [2.45, 2.75) is 6.92 Å². The van der Waals surface area contributed by atoms with Gasteiger partial charge in [0.15, 0.2) is 0 Å². The zero-order valence-corrected chi connectivity index (χ0v) is 10.8. The number of nitro groups is 1. The number of nitrogens with one attached hydrogen (secondary N) is 1. The molecule has 20 heavy (non-hydrogen) atoms. The van der Waals surface area contributed by atoms with Gasteiger partial charge in [-0.25, -0.2) is 0 Å². The van der Waals surface area contributed by atoms with Gasteiger partial charge in [-0.3, -0.25) is 14.9 Å². The van der Waals surface area contributed by atoms with Gasteiger partial charge in [-0.05, 0) is 42.8 Å². The molecule has 0 fully saturated rings. The summed E-state index contributed by atoms with van der Waals surface area (Å²) in [6, 6.07) is 10.9. The van der Waals surface area contributed by atoms with Gasteiger partial charge in [0.25, 0.3) is 11.6 Å². The minimum Gasteiger partial charge on any atom is -0.399 e. The van der Waals surface area contributed by atoms with E-state index in [2.05, 4.69) is 5.32 Å². The van der Waals surface area contributed by atoms with Crippen LogP contribution in [-0.2, 0) is 0 Å². The zero-order chi connectivity index (χ0) is 14.7. The molecule has 0 heterocycles. The molecule has 6 heteroatoms. The Morgan fingerprint density at radius 2 is 1.85 bits per heavy atom. The first-order valence-electron chi connectivity index (χ1n) is 5.89. The van der Waals surface area contributed by atoms with Crippen molar-refractivity contribution < 1.29 is 9.72 Å². The van der Waals surface area contributed by atoms with Crippen LogP contribution in [0, 0.1) is 17.0 Å². The summed E-state index contributed by atoms with van der Waals surface area (Å²) in [5, 5.41) is 13.5. The molecule has 0 spiro atoms. The average molecular weight is 271 g/mol. The summed E-state index contributed by atoms with van der Waals surface area (Å²) in [5.41, 5.74) is 7.33. The fourth-order valence-electron chi connectivity index (χ4n) is 1.74. The highest BCUT2D eigenvalue weighted by Gasteiger charge is 2.16. The molecule has 0 saturated carbocycles. The van der Waals surface area contributed by atoms with Gasteiger partial charge in [-0.15, -0.1) is 0 Å². The van der Waals surface area contributed by atoms with E-state index in [9.17, 15) is 14.9 Å². The van der Waals surface area contributed by atoms with Gasteiger partial charge in [0.05, 0.1) is 4.92 Å². The summed E-state index contributed by atoms with van der Waals surface area (Å²) < 4.78 is 0. The van der Waals surface area contributed by atoms with E-state index in [-0.39, 0.29) is 11.4 Å². The van der Waals surface area contributed by atoms with Gasteiger partial charge in [-0.1, -0.05) is 6.07 Å². The van der Waals surface area contributed by atoms with Crippen LogP contribution < -0.4 is 11.1 Å². The summed E-state index contributed by atoms with van der Waals surface area (Å²) in [5.74, 6) is -0.418. The van der Waals surface area contributed by atoms with Crippen molar-refractivity contribution in [3.63, 3.8) is 0 Å². The predicted octanol–water partition coefficient (Wildman–Crippen LogP) is 2.74. The zero-order valence-electron chi connectivity index (χ0n) is 10.8. The fourth-order valence-corrected chi connectivity index (χ4v) is 1.74. The number of amides is 1. The van der Waals surface area contributed by atoms with Crippen LogP contribution in [0.3, 0.4) is 0 Å². The first-order valence-corrected chi connectivity index (χ1v) is 5.89. The number of nitrogens with zero attached hydrogens (tertiary/aromatic N) is 1. The van der Waals surface area contributed by atoms with Crippen LogP contribution >= 0.6 is 0 Å². The van der Waals surface area contributed by atoms with Crippen LogP contribution in [-0.4, -0.2) is 10.8 Å². The topological polar surface area (TPSA) is 98.3 Å². The lowest BCUT2D eigenvalue weighted by Crippen LogP contribution is -2.13. The van der Waals surface area contributed by atoms with E-state index in [4.69, 9.17) is 5.73 Å². The number of nitrogen functional groups attached to an aromatic ring is 1. The van der Waals surface area contributed by atoms with Crippen molar-refractivity contribution in [1.29, 1.82) is 0 Å². The highest BCUT2D eigenvalue weighted by Crippen LogP contribution is 2.25.